The minimum atomic E-state index is -0.827. The van der Waals surface area contributed by atoms with Crippen molar-refractivity contribution in [2.75, 3.05) is 6.61 Å². The number of hydrogen-bond donors (Lipinski definition) is 0. The summed E-state index contributed by atoms with van der Waals surface area (Å²) >= 11 is 0. The lowest BCUT2D eigenvalue weighted by atomic mass is 9.78. The smallest absolute Gasteiger partial charge is 0.312 e. The Kier molecular flexibility index (Phi) is 7.91. The lowest BCUT2D eigenvalue weighted by Crippen LogP contribution is -2.33. The molecule has 3 atom stereocenters. The van der Waals surface area contributed by atoms with Crippen LogP contribution in [0.3, 0.4) is 0 Å². The summed E-state index contributed by atoms with van der Waals surface area (Å²) in [6, 6.07) is 21.8. The first-order valence-corrected chi connectivity index (χ1v) is 12.2. The lowest BCUT2D eigenvalue weighted by molar-refractivity contribution is -0.155. The van der Waals surface area contributed by atoms with Gasteiger partial charge in [-0.2, -0.15) is 0 Å². The molecule has 0 aliphatic heterocycles. The van der Waals surface area contributed by atoms with Crippen molar-refractivity contribution in [1.29, 1.82) is 0 Å². The Labute approximate surface area is 210 Å². The van der Waals surface area contributed by atoms with Gasteiger partial charge in [-0.3, -0.25) is 4.79 Å². The molecule has 0 spiro atoms. The first kappa shape index (κ1) is 25.3. The molecule has 0 radical (unpaired) electrons. The number of ether oxygens (including phenoxy) is 2. The second-order valence-corrected chi connectivity index (χ2v) is 9.42. The third kappa shape index (κ3) is 5.52. The van der Waals surface area contributed by atoms with E-state index in [0.29, 0.717) is 42.7 Å². The van der Waals surface area contributed by atoms with E-state index >= 15 is 4.39 Å². The van der Waals surface area contributed by atoms with Gasteiger partial charge < -0.3 is 9.47 Å². The molecule has 0 aromatic heterocycles. The minimum absolute atomic E-state index is 0.0392. The van der Waals surface area contributed by atoms with E-state index in [1.807, 2.05) is 61.5 Å². The van der Waals surface area contributed by atoms with E-state index in [9.17, 15) is 4.79 Å². The van der Waals surface area contributed by atoms with Crippen LogP contribution in [0.2, 0.25) is 0 Å². The number of esters is 1. The van der Waals surface area contributed by atoms with Crippen LogP contribution in [0.15, 0.2) is 77.9 Å². The predicted octanol–water partition coefficient (Wildman–Crippen LogP) is 7.27. The molecule has 36 heavy (non-hydrogen) atoms. The molecule has 6 nitrogen and oxygen atoms in total. The highest BCUT2D eigenvalue weighted by molar-refractivity contribution is 5.78. The molecule has 4 rings (SSSR count). The minimum Gasteiger partial charge on any atom is -0.488 e. The fraction of sp³-hybridized carbons (Fsp3) is 0.345. The van der Waals surface area contributed by atoms with E-state index in [0.717, 1.165) is 11.1 Å². The highest BCUT2D eigenvalue weighted by atomic mass is 19.1. The molecule has 0 unspecified atom stereocenters. The SMILES string of the molecule is CCOC(=O)[C@@]1(Cc2ccc(F)c(-c3ccccc3OCc3ccccc3)c2)C[C@@H](C)[C@H](N=[N+]=[N-])C1. The maximum atomic E-state index is 15.1. The van der Waals surface area contributed by atoms with Crippen molar-refractivity contribution in [3.05, 3.63) is 100 Å². The van der Waals surface area contributed by atoms with Crippen LogP contribution in [-0.2, 0) is 22.6 Å². The van der Waals surface area contributed by atoms with Crippen LogP contribution in [0.5, 0.6) is 5.75 Å². The topological polar surface area (TPSA) is 84.3 Å². The Bertz CT molecular complexity index is 1260. The predicted molar refractivity (Wildman–Crippen MR) is 137 cm³/mol. The number of benzene rings is 3. The third-order valence-electron chi connectivity index (χ3n) is 6.87. The summed E-state index contributed by atoms with van der Waals surface area (Å²) in [6.45, 7) is 4.39. The number of carbonyl (C=O) groups excluding carboxylic acids is 1. The van der Waals surface area contributed by atoms with Gasteiger partial charge in [0, 0.05) is 22.1 Å². The van der Waals surface area contributed by atoms with E-state index in [2.05, 4.69) is 10.0 Å². The molecule has 7 heteroatoms. The third-order valence-corrected chi connectivity index (χ3v) is 6.87. The van der Waals surface area contributed by atoms with Crippen LogP contribution in [0.25, 0.3) is 21.6 Å². The molecule has 0 saturated heterocycles. The number of azide groups is 1. The van der Waals surface area contributed by atoms with Gasteiger partial charge in [-0.25, -0.2) is 4.39 Å². The summed E-state index contributed by atoms with van der Waals surface area (Å²) < 4.78 is 26.6. The van der Waals surface area contributed by atoms with E-state index in [1.54, 1.807) is 19.1 Å². The van der Waals surface area contributed by atoms with Crippen molar-refractivity contribution in [3.63, 3.8) is 0 Å². The number of para-hydroxylation sites is 1. The van der Waals surface area contributed by atoms with Gasteiger partial charge in [0.1, 0.15) is 18.2 Å². The number of halogens is 1. The van der Waals surface area contributed by atoms with Crippen LogP contribution in [0.4, 0.5) is 4.39 Å². The summed E-state index contributed by atoms with van der Waals surface area (Å²) in [7, 11) is 0. The highest BCUT2D eigenvalue weighted by Crippen LogP contribution is 2.47. The lowest BCUT2D eigenvalue weighted by Gasteiger charge is -2.27. The van der Waals surface area contributed by atoms with Gasteiger partial charge in [-0.15, -0.1) is 0 Å². The summed E-state index contributed by atoms with van der Waals surface area (Å²) in [6.07, 6.45) is 1.31. The number of hydrogen-bond acceptors (Lipinski definition) is 4. The Hall–Kier alpha value is -3.83. The molecule has 1 aliphatic rings. The zero-order chi connectivity index (χ0) is 25.5. The zero-order valence-electron chi connectivity index (χ0n) is 20.6. The highest BCUT2D eigenvalue weighted by Gasteiger charge is 2.49. The Morgan fingerprint density at radius 1 is 1.06 bits per heavy atom. The Morgan fingerprint density at radius 2 is 1.81 bits per heavy atom. The fourth-order valence-electron chi connectivity index (χ4n) is 5.16. The molecule has 186 valence electrons. The summed E-state index contributed by atoms with van der Waals surface area (Å²) in [4.78, 5) is 16.1. The van der Waals surface area contributed by atoms with Crippen LogP contribution < -0.4 is 4.74 Å². The second-order valence-electron chi connectivity index (χ2n) is 9.42. The quantitative estimate of drug-likeness (QED) is 0.138. The van der Waals surface area contributed by atoms with Crippen molar-refractivity contribution >= 4 is 5.97 Å². The Balaban J connectivity index is 1.65. The molecule has 0 heterocycles. The average Bonchev–Trinajstić information content (AvgIpc) is 3.21. The monoisotopic (exact) mass is 487 g/mol. The van der Waals surface area contributed by atoms with E-state index in [4.69, 9.17) is 15.0 Å². The number of rotatable bonds is 9. The molecule has 0 bridgehead atoms. The molecule has 0 N–H and O–H groups in total. The van der Waals surface area contributed by atoms with E-state index in [-0.39, 0.29) is 30.4 Å². The first-order valence-electron chi connectivity index (χ1n) is 12.2. The molecule has 1 aliphatic carbocycles. The maximum Gasteiger partial charge on any atom is 0.312 e. The van der Waals surface area contributed by atoms with Gasteiger partial charge >= 0.3 is 5.97 Å². The van der Waals surface area contributed by atoms with E-state index in [1.165, 1.54) is 6.07 Å². The fourth-order valence-corrected chi connectivity index (χ4v) is 5.16. The molecule has 0 amide bonds. The van der Waals surface area contributed by atoms with Crippen LogP contribution in [0.1, 0.15) is 37.8 Å². The second kappa shape index (κ2) is 11.3. The Morgan fingerprint density at radius 3 is 2.56 bits per heavy atom. The van der Waals surface area contributed by atoms with Gasteiger partial charge in [0.15, 0.2) is 0 Å². The summed E-state index contributed by atoms with van der Waals surface area (Å²) in [5.74, 6) is -0.0517. The number of carbonyl (C=O) groups is 1. The van der Waals surface area contributed by atoms with Crippen LogP contribution in [0, 0.1) is 17.2 Å². The molecular weight excluding hydrogens is 457 g/mol. The van der Waals surface area contributed by atoms with E-state index < -0.39 is 5.41 Å². The van der Waals surface area contributed by atoms with Crippen LogP contribution >= 0.6 is 0 Å². The van der Waals surface area contributed by atoms with Crippen LogP contribution in [-0.4, -0.2) is 18.6 Å². The molecular formula is C29H30FN3O3. The average molecular weight is 488 g/mol. The maximum absolute atomic E-state index is 15.1. The number of nitrogens with zero attached hydrogens (tertiary/aromatic N) is 3. The largest absolute Gasteiger partial charge is 0.488 e. The van der Waals surface area contributed by atoms with Crippen molar-refractivity contribution in [2.24, 2.45) is 16.4 Å². The van der Waals surface area contributed by atoms with Gasteiger partial charge in [0.2, 0.25) is 0 Å². The van der Waals surface area contributed by atoms with Crippen molar-refractivity contribution in [1.82, 2.24) is 0 Å². The normalized spacial score (nSPS) is 21.0. The molecule has 1 saturated carbocycles. The zero-order valence-corrected chi connectivity index (χ0v) is 20.6. The molecule has 3 aromatic rings. The standard InChI is InChI=1S/C29H30FN3O3/c1-3-35-28(34)29(16-20(2)26(18-29)32-33-31)17-22-13-14-25(30)24(15-22)23-11-7-8-12-27(23)36-19-21-9-5-4-6-10-21/h4-15,20,26H,3,16-19H2,1-2H3/t20-,26-,29-/m1/s1. The van der Waals surface area contributed by atoms with Crippen molar-refractivity contribution < 1.29 is 18.7 Å². The van der Waals surface area contributed by atoms with Gasteiger partial charge in [-0.1, -0.05) is 66.6 Å². The van der Waals surface area contributed by atoms with Gasteiger partial charge in [-0.05, 0) is 67.0 Å². The van der Waals surface area contributed by atoms with Crippen molar-refractivity contribution in [2.45, 2.75) is 45.8 Å². The summed E-state index contributed by atoms with van der Waals surface area (Å²) in [5, 5.41) is 3.92. The first-order chi connectivity index (χ1) is 17.5. The van der Waals surface area contributed by atoms with Gasteiger partial charge in [0.05, 0.1) is 12.0 Å². The molecule has 1 fully saturated rings. The van der Waals surface area contributed by atoms with Gasteiger partial charge in [0.25, 0.3) is 0 Å². The van der Waals surface area contributed by atoms with Crippen molar-refractivity contribution in [3.8, 4) is 16.9 Å². The summed E-state index contributed by atoms with van der Waals surface area (Å²) in [5.41, 5.74) is 11.0. The molecule has 3 aromatic carbocycles.